The van der Waals surface area contributed by atoms with E-state index >= 15 is 0 Å². The minimum absolute atomic E-state index is 0.00850. The molecule has 0 unspecified atom stereocenters. The van der Waals surface area contributed by atoms with Crippen molar-refractivity contribution in [2.75, 3.05) is 36.8 Å². The number of esters is 1. The van der Waals surface area contributed by atoms with Gasteiger partial charge in [0.25, 0.3) is 0 Å². The number of aryl methyl sites for hydroxylation is 1. The molecule has 0 aliphatic carbocycles. The number of nitrogens with zero attached hydrogens (tertiary/aromatic N) is 2. The second kappa shape index (κ2) is 13.3. The number of carbonyl (C=O) groups is 4. The SMILES string of the molecule is COC(=O)C[C@H](c1ccc(N(C(C)=O)c2ccc(NC(=O)Nc3ccccc3C)c(OC)c2)cc1)N(C)C(C)=O. The highest BCUT2D eigenvalue weighted by Crippen LogP contribution is 2.35. The van der Waals surface area contributed by atoms with Crippen molar-refractivity contribution in [2.45, 2.75) is 33.2 Å². The van der Waals surface area contributed by atoms with E-state index in [4.69, 9.17) is 9.47 Å². The van der Waals surface area contributed by atoms with Crippen LogP contribution in [-0.4, -0.2) is 50.0 Å². The Balaban J connectivity index is 1.86. The number of anilines is 4. The predicted molar refractivity (Wildman–Crippen MR) is 154 cm³/mol. The van der Waals surface area contributed by atoms with E-state index in [1.807, 2.05) is 25.1 Å². The molecule has 0 aliphatic heterocycles. The molecular weight excluding hydrogens is 512 g/mol. The van der Waals surface area contributed by atoms with Gasteiger partial charge in [0.15, 0.2) is 0 Å². The van der Waals surface area contributed by atoms with Crippen molar-refractivity contribution in [3.63, 3.8) is 0 Å². The van der Waals surface area contributed by atoms with Gasteiger partial charge in [0.05, 0.1) is 38.1 Å². The van der Waals surface area contributed by atoms with Gasteiger partial charge in [-0.1, -0.05) is 30.3 Å². The standard InChI is InChI=1S/C30H34N4O6/c1-19-9-7-8-10-25(19)31-30(38)32-26-16-15-24(17-28(26)39-5)34(21(3)36)23-13-11-22(12-14-23)27(18-29(37)40-6)33(4)20(2)35/h7-17,27H,18H2,1-6H3,(H2,31,32,38)/t27-/m1/s1. The average molecular weight is 547 g/mol. The van der Waals surface area contributed by atoms with E-state index in [1.54, 1.807) is 55.6 Å². The van der Waals surface area contributed by atoms with E-state index in [9.17, 15) is 19.2 Å². The van der Waals surface area contributed by atoms with Crippen molar-refractivity contribution in [3.8, 4) is 5.75 Å². The number of ether oxygens (including phenoxy) is 2. The number of carbonyl (C=O) groups excluding carboxylic acids is 4. The largest absolute Gasteiger partial charge is 0.494 e. The van der Waals surface area contributed by atoms with Gasteiger partial charge in [-0.3, -0.25) is 19.3 Å². The van der Waals surface area contributed by atoms with Gasteiger partial charge in [-0.05, 0) is 48.4 Å². The third-order valence-electron chi connectivity index (χ3n) is 6.49. The number of amides is 4. The number of hydrogen-bond acceptors (Lipinski definition) is 6. The maximum absolute atomic E-state index is 12.7. The summed E-state index contributed by atoms with van der Waals surface area (Å²) < 4.78 is 10.3. The molecule has 0 fully saturated rings. The van der Waals surface area contributed by atoms with Crippen LogP contribution in [0.1, 0.15) is 37.4 Å². The zero-order valence-electron chi connectivity index (χ0n) is 23.5. The molecule has 0 saturated carbocycles. The molecule has 10 nitrogen and oxygen atoms in total. The highest BCUT2D eigenvalue weighted by molar-refractivity contribution is 6.02. The molecule has 0 heterocycles. The van der Waals surface area contributed by atoms with Crippen molar-refractivity contribution >= 4 is 46.6 Å². The molecule has 4 amide bonds. The Labute approximate surface area is 233 Å². The molecule has 0 radical (unpaired) electrons. The summed E-state index contributed by atoms with van der Waals surface area (Å²) >= 11 is 0. The van der Waals surface area contributed by atoms with Crippen molar-refractivity contribution < 1.29 is 28.7 Å². The number of benzene rings is 3. The van der Waals surface area contributed by atoms with E-state index in [2.05, 4.69) is 10.6 Å². The number of rotatable bonds is 9. The quantitative estimate of drug-likeness (QED) is 0.347. The highest BCUT2D eigenvalue weighted by Gasteiger charge is 2.24. The van der Waals surface area contributed by atoms with Crippen LogP contribution < -0.4 is 20.3 Å². The fraction of sp³-hybridized carbons (Fsp3) is 0.267. The van der Waals surface area contributed by atoms with Gasteiger partial charge >= 0.3 is 12.0 Å². The zero-order valence-corrected chi connectivity index (χ0v) is 23.5. The summed E-state index contributed by atoms with van der Waals surface area (Å²) in [5.41, 5.74) is 3.84. The monoisotopic (exact) mass is 546 g/mol. The molecule has 0 saturated heterocycles. The van der Waals surface area contributed by atoms with Gasteiger partial charge in [-0.2, -0.15) is 0 Å². The first kappa shape index (κ1) is 29.7. The first-order valence-corrected chi connectivity index (χ1v) is 12.6. The molecule has 3 rings (SSSR count). The van der Waals surface area contributed by atoms with Crippen LogP contribution in [0.25, 0.3) is 0 Å². The van der Waals surface area contributed by atoms with Gasteiger partial charge in [-0.15, -0.1) is 0 Å². The van der Waals surface area contributed by atoms with Crippen LogP contribution in [0.2, 0.25) is 0 Å². The molecule has 0 bridgehead atoms. The maximum Gasteiger partial charge on any atom is 0.323 e. The molecule has 3 aromatic rings. The summed E-state index contributed by atoms with van der Waals surface area (Å²) in [6, 6.07) is 18.5. The molecule has 1 atom stereocenters. The normalized spacial score (nSPS) is 11.2. The number of nitrogens with one attached hydrogen (secondary N) is 2. The van der Waals surface area contributed by atoms with Crippen molar-refractivity contribution in [1.29, 1.82) is 0 Å². The third kappa shape index (κ3) is 7.16. The van der Waals surface area contributed by atoms with Gasteiger partial charge in [0.1, 0.15) is 5.75 Å². The Bertz CT molecular complexity index is 1390. The molecule has 0 spiro atoms. The second-order valence-electron chi connectivity index (χ2n) is 9.15. The van der Waals surface area contributed by atoms with Crippen LogP contribution in [0, 0.1) is 6.92 Å². The smallest absolute Gasteiger partial charge is 0.323 e. The van der Waals surface area contributed by atoms with Crippen LogP contribution in [0.15, 0.2) is 66.7 Å². The molecular formula is C30H34N4O6. The lowest BCUT2D eigenvalue weighted by molar-refractivity contribution is -0.143. The van der Waals surface area contributed by atoms with Crippen LogP contribution in [0.4, 0.5) is 27.5 Å². The summed E-state index contributed by atoms with van der Waals surface area (Å²) in [4.78, 5) is 52.3. The Hall–Kier alpha value is -4.86. The molecule has 0 aliphatic rings. The summed E-state index contributed by atoms with van der Waals surface area (Å²) in [7, 11) is 4.39. The minimum Gasteiger partial charge on any atom is -0.494 e. The molecule has 10 heteroatoms. The zero-order chi connectivity index (χ0) is 29.4. The first-order valence-electron chi connectivity index (χ1n) is 12.6. The highest BCUT2D eigenvalue weighted by atomic mass is 16.5. The third-order valence-corrected chi connectivity index (χ3v) is 6.49. The van der Waals surface area contributed by atoms with Gasteiger partial charge in [-0.25, -0.2) is 4.79 Å². The van der Waals surface area contributed by atoms with E-state index in [-0.39, 0.29) is 18.2 Å². The number of urea groups is 1. The summed E-state index contributed by atoms with van der Waals surface area (Å²) in [5.74, 6) is -0.529. The number of methoxy groups -OCH3 is 2. The Morgan fingerprint density at radius 1 is 0.825 bits per heavy atom. The van der Waals surface area contributed by atoms with Gasteiger partial charge in [0.2, 0.25) is 11.8 Å². The van der Waals surface area contributed by atoms with E-state index < -0.39 is 18.0 Å². The predicted octanol–water partition coefficient (Wildman–Crippen LogP) is 5.41. The molecule has 2 N–H and O–H groups in total. The number of hydrogen-bond donors (Lipinski definition) is 2. The van der Waals surface area contributed by atoms with Crippen LogP contribution in [0.3, 0.4) is 0 Å². The summed E-state index contributed by atoms with van der Waals surface area (Å²) in [5, 5.41) is 5.60. The summed E-state index contributed by atoms with van der Waals surface area (Å²) in [6.07, 6.45) is -0.00850. The molecule has 0 aromatic heterocycles. The van der Waals surface area contributed by atoms with Crippen molar-refractivity contribution in [1.82, 2.24) is 4.90 Å². The van der Waals surface area contributed by atoms with E-state index in [0.717, 1.165) is 5.56 Å². The fourth-order valence-electron chi connectivity index (χ4n) is 4.21. The topological polar surface area (TPSA) is 117 Å². The minimum atomic E-state index is -0.527. The molecule has 210 valence electrons. The lowest BCUT2D eigenvalue weighted by Gasteiger charge is -2.28. The van der Waals surface area contributed by atoms with Crippen LogP contribution >= 0.6 is 0 Å². The number of para-hydroxylation sites is 1. The second-order valence-corrected chi connectivity index (χ2v) is 9.15. The maximum atomic E-state index is 12.7. The average Bonchev–Trinajstić information content (AvgIpc) is 2.93. The fourth-order valence-corrected chi connectivity index (χ4v) is 4.21. The Kier molecular flexibility index (Phi) is 9.86. The van der Waals surface area contributed by atoms with Gasteiger partial charge < -0.3 is 25.0 Å². The molecule has 3 aromatic carbocycles. The lowest BCUT2D eigenvalue weighted by Crippen LogP contribution is -2.31. The Morgan fingerprint density at radius 3 is 2.02 bits per heavy atom. The first-order chi connectivity index (χ1) is 19.0. The lowest BCUT2D eigenvalue weighted by atomic mass is 10.0. The van der Waals surface area contributed by atoms with Crippen LogP contribution in [0.5, 0.6) is 5.75 Å². The summed E-state index contributed by atoms with van der Waals surface area (Å²) in [6.45, 7) is 4.76. The van der Waals surface area contributed by atoms with E-state index in [1.165, 1.54) is 37.9 Å². The van der Waals surface area contributed by atoms with Crippen molar-refractivity contribution in [2.24, 2.45) is 0 Å². The Morgan fingerprint density at radius 2 is 1.45 bits per heavy atom. The van der Waals surface area contributed by atoms with Gasteiger partial charge in [0, 0.05) is 38.3 Å². The molecule has 40 heavy (non-hydrogen) atoms. The van der Waals surface area contributed by atoms with Crippen molar-refractivity contribution in [3.05, 3.63) is 77.9 Å². The van der Waals surface area contributed by atoms with E-state index in [0.29, 0.717) is 34.1 Å². The van der Waals surface area contributed by atoms with Crippen LogP contribution in [-0.2, 0) is 19.1 Å².